The maximum Gasteiger partial charge on any atom is 0.433 e. The first kappa shape index (κ1) is 16.2. The van der Waals surface area contributed by atoms with E-state index in [0.29, 0.717) is 6.54 Å². The summed E-state index contributed by atoms with van der Waals surface area (Å²) in [5, 5.41) is 0. The number of alkyl halides is 3. The summed E-state index contributed by atoms with van der Waals surface area (Å²) in [7, 11) is 1.26. The number of rotatable bonds is 5. The van der Waals surface area contributed by atoms with Gasteiger partial charge in [-0.05, 0) is 13.0 Å². The molecule has 0 fully saturated rings. The molecule has 0 N–H and O–H groups in total. The van der Waals surface area contributed by atoms with Gasteiger partial charge in [0, 0.05) is 19.3 Å². The molecule has 112 valence electrons. The van der Waals surface area contributed by atoms with Crippen LogP contribution in [0.3, 0.4) is 0 Å². The maximum atomic E-state index is 12.6. The van der Waals surface area contributed by atoms with Crippen LogP contribution in [-0.4, -0.2) is 36.1 Å². The van der Waals surface area contributed by atoms with Gasteiger partial charge in [-0.2, -0.15) is 13.2 Å². The summed E-state index contributed by atoms with van der Waals surface area (Å²) >= 11 is 0. The van der Waals surface area contributed by atoms with Crippen LogP contribution in [0.1, 0.15) is 19.5 Å². The molecule has 1 atom stereocenters. The molecule has 1 rings (SSSR count). The second-order valence-corrected chi connectivity index (χ2v) is 4.20. The highest BCUT2D eigenvalue weighted by atomic mass is 19.4. The van der Waals surface area contributed by atoms with Crippen molar-refractivity contribution in [2.75, 3.05) is 25.1 Å². The Balaban J connectivity index is 2.93. The molecule has 0 unspecified atom stereocenters. The van der Waals surface area contributed by atoms with E-state index in [-0.39, 0.29) is 12.5 Å². The third kappa shape index (κ3) is 4.07. The van der Waals surface area contributed by atoms with Crippen LogP contribution in [-0.2, 0) is 15.7 Å². The number of nitrogens with zero attached hydrogens (tertiary/aromatic N) is 3. The molecule has 0 aliphatic rings. The number of hydrogen-bond donors (Lipinski definition) is 0. The number of methoxy groups -OCH3 is 1. The van der Waals surface area contributed by atoms with Crippen LogP contribution in [0.2, 0.25) is 0 Å². The van der Waals surface area contributed by atoms with Crippen molar-refractivity contribution < 1.29 is 22.7 Å². The van der Waals surface area contributed by atoms with Gasteiger partial charge in [0.25, 0.3) is 0 Å². The van der Waals surface area contributed by atoms with Crippen LogP contribution in [0.5, 0.6) is 0 Å². The second kappa shape index (κ2) is 6.53. The number of ether oxygens (including phenoxy) is 1. The highest BCUT2D eigenvalue weighted by molar-refractivity contribution is 5.72. The molecule has 0 amide bonds. The quantitative estimate of drug-likeness (QED) is 0.778. The van der Waals surface area contributed by atoms with Gasteiger partial charge in [-0.15, -0.1) is 0 Å². The van der Waals surface area contributed by atoms with Crippen molar-refractivity contribution in [3.05, 3.63) is 18.0 Å². The first-order valence-electron chi connectivity index (χ1n) is 6.02. The van der Waals surface area contributed by atoms with E-state index in [2.05, 4.69) is 14.7 Å². The molecule has 1 heterocycles. The smallest absolute Gasteiger partial charge is 0.433 e. The minimum Gasteiger partial charge on any atom is -0.469 e. The van der Waals surface area contributed by atoms with Crippen molar-refractivity contribution in [3.63, 3.8) is 0 Å². The highest BCUT2D eigenvalue weighted by Crippen LogP contribution is 2.28. The zero-order chi connectivity index (χ0) is 15.3. The standard InChI is InChI=1S/C12H16F3N3O2/c1-4-18(7-8(2)10(19)20-3)11-16-6-5-9(17-11)12(13,14)15/h5-6,8H,4,7H2,1-3H3/t8-/m1/s1. The molecule has 0 aliphatic heterocycles. The minimum absolute atomic E-state index is 0.0573. The third-order valence-electron chi connectivity index (χ3n) is 2.70. The fraction of sp³-hybridized carbons (Fsp3) is 0.583. The first-order chi connectivity index (χ1) is 9.29. The monoisotopic (exact) mass is 291 g/mol. The van der Waals surface area contributed by atoms with E-state index in [1.807, 2.05) is 0 Å². The Morgan fingerprint density at radius 3 is 2.65 bits per heavy atom. The predicted octanol–water partition coefficient (Wildman–Crippen LogP) is 2.13. The molecule has 1 aromatic rings. The fourth-order valence-electron chi connectivity index (χ4n) is 1.62. The average Bonchev–Trinajstić information content (AvgIpc) is 2.42. The SMILES string of the molecule is CCN(C[C@@H](C)C(=O)OC)c1nccc(C(F)(F)F)n1. The Morgan fingerprint density at radius 2 is 2.15 bits per heavy atom. The van der Waals surface area contributed by atoms with Crippen molar-refractivity contribution in [1.82, 2.24) is 9.97 Å². The topological polar surface area (TPSA) is 55.3 Å². The van der Waals surface area contributed by atoms with Gasteiger partial charge in [-0.1, -0.05) is 6.92 Å². The lowest BCUT2D eigenvalue weighted by Gasteiger charge is -2.23. The van der Waals surface area contributed by atoms with Crippen LogP contribution in [0, 0.1) is 5.92 Å². The fourth-order valence-corrected chi connectivity index (χ4v) is 1.62. The molecule has 8 heteroatoms. The second-order valence-electron chi connectivity index (χ2n) is 4.20. The van der Waals surface area contributed by atoms with Gasteiger partial charge in [0.05, 0.1) is 13.0 Å². The molecule has 0 saturated heterocycles. The number of hydrogen-bond acceptors (Lipinski definition) is 5. The Kier molecular flexibility index (Phi) is 5.29. The van der Waals surface area contributed by atoms with Crippen LogP contribution >= 0.6 is 0 Å². The van der Waals surface area contributed by atoms with Gasteiger partial charge in [0.15, 0.2) is 0 Å². The lowest BCUT2D eigenvalue weighted by Crippen LogP contribution is -2.33. The van der Waals surface area contributed by atoms with Crippen molar-refractivity contribution in [3.8, 4) is 0 Å². The summed E-state index contributed by atoms with van der Waals surface area (Å²) in [5.74, 6) is -0.980. The van der Waals surface area contributed by atoms with Gasteiger partial charge in [-0.3, -0.25) is 4.79 Å². The summed E-state index contributed by atoms with van der Waals surface area (Å²) in [6, 6.07) is 0.807. The van der Waals surface area contributed by atoms with Gasteiger partial charge < -0.3 is 9.64 Å². The van der Waals surface area contributed by atoms with E-state index in [0.717, 1.165) is 12.3 Å². The summed E-state index contributed by atoms with van der Waals surface area (Å²) in [4.78, 5) is 20.2. The predicted molar refractivity (Wildman–Crippen MR) is 66.1 cm³/mol. The molecule has 20 heavy (non-hydrogen) atoms. The van der Waals surface area contributed by atoms with E-state index in [1.54, 1.807) is 13.8 Å². The lowest BCUT2D eigenvalue weighted by atomic mass is 10.2. The Morgan fingerprint density at radius 1 is 1.50 bits per heavy atom. The van der Waals surface area contributed by atoms with Crippen LogP contribution in [0.15, 0.2) is 12.3 Å². The number of anilines is 1. The average molecular weight is 291 g/mol. The maximum absolute atomic E-state index is 12.6. The molecular weight excluding hydrogens is 275 g/mol. The van der Waals surface area contributed by atoms with Gasteiger partial charge >= 0.3 is 12.1 Å². The van der Waals surface area contributed by atoms with Gasteiger partial charge in [0.1, 0.15) is 5.69 Å². The molecule has 0 spiro atoms. The number of carbonyl (C=O) groups is 1. The molecule has 0 bridgehead atoms. The van der Waals surface area contributed by atoms with E-state index in [4.69, 9.17) is 0 Å². The molecule has 0 aliphatic carbocycles. The Labute approximate surface area is 114 Å². The van der Waals surface area contributed by atoms with Gasteiger partial charge in [0.2, 0.25) is 5.95 Å². The van der Waals surface area contributed by atoms with Crippen molar-refractivity contribution in [2.24, 2.45) is 5.92 Å². The van der Waals surface area contributed by atoms with Crippen molar-refractivity contribution in [2.45, 2.75) is 20.0 Å². The zero-order valence-corrected chi connectivity index (χ0v) is 11.4. The lowest BCUT2D eigenvalue weighted by molar-refractivity contribution is -0.144. The molecule has 0 radical (unpaired) electrons. The minimum atomic E-state index is -4.52. The largest absolute Gasteiger partial charge is 0.469 e. The molecule has 1 aromatic heterocycles. The number of aromatic nitrogens is 2. The zero-order valence-electron chi connectivity index (χ0n) is 11.4. The Hall–Kier alpha value is -1.86. The van der Waals surface area contributed by atoms with E-state index >= 15 is 0 Å². The Bertz CT molecular complexity index is 466. The summed E-state index contributed by atoms with van der Waals surface area (Å²) in [6.45, 7) is 3.93. The van der Waals surface area contributed by atoms with Crippen molar-refractivity contribution >= 4 is 11.9 Å². The summed E-state index contributed by atoms with van der Waals surface area (Å²) < 4.78 is 42.4. The summed E-state index contributed by atoms with van der Waals surface area (Å²) in [6.07, 6.45) is -3.47. The summed E-state index contributed by atoms with van der Waals surface area (Å²) in [5.41, 5.74) is -1.01. The van der Waals surface area contributed by atoms with Crippen LogP contribution < -0.4 is 4.90 Å². The molecule has 0 saturated carbocycles. The van der Waals surface area contributed by atoms with Crippen molar-refractivity contribution in [1.29, 1.82) is 0 Å². The first-order valence-corrected chi connectivity index (χ1v) is 6.02. The third-order valence-corrected chi connectivity index (χ3v) is 2.70. The van der Waals surface area contributed by atoms with E-state index in [1.165, 1.54) is 12.0 Å². The van der Waals surface area contributed by atoms with Crippen LogP contribution in [0.25, 0.3) is 0 Å². The van der Waals surface area contributed by atoms with Crippen LogP contribution in [0.4, 0.5) is 19.1 Å². The molecule has 5 nitrogen and oxygen atoms in total. The number of halogens is 3. The van der Waals surface area contributed by atoms with E-state index in [9.17, 15) is 18.0 Å². The number of esters is 1. The normalized spacial score (nSPS) is 12.9. The molecular formula is C12H16F3N3O2. The van der Waals surface area contributed by atoms with E-state index < -0.39 is 23.8 Å². The van der Waals surface area contributed by atoms with Gasteiger partial charge in [-0.25, -0.2) is 9.97 Å². The number of carbonyl (C=O) groups excluding carboxylic acids is 1. The highest BCUT2D eigenvalue weighted by Gasteiger charge is 2.33. The molecule has 0 aromatic carbocycles.